The van der Waals surface area contributed by atoms with Crippen molar-refractivity contribution in [1.29, 1.82) is 0 Å². The summed E-state index contributed by atoms with van der Waals surface area (Å²) >= 11 is 0. The van der Waals surface area contributed by atoms with Crippen molar-refractivity contribution in [2.75, 3.05) is 0 Å². The van der Waals surface area contributed by atoms with Crippen LogP contribution in [0.5, 0.6) is 5.75 Å². The number of ether oxygens (including phenoxy) is 1. The summed E-state index contributed by atoms with van der Waals surface area (Å²) in [6.07, 6.45) is 0.193. The SMILES string of the molecule is Cc1cc(-c2ccc(OC(C)C)cc2)on1. The van der Waals surface area contributed by atoms with Gasteiger partial charge in [-0.05, 0) is 45.0 Å². The van der Waals surface area contributed by atoms with Gasteiger partial charge in [0.05, 0.1) is 11.8 Å². The summed E-state index contributed by atoms with van der Waals surface area (Å²) in [4.78, 5) is 0. The molecule has 0 aliphatic heterocycles. The van der Waals surface area contributed by atoms with Crippen LogP contribution in [0, 0.1) is 6.92 Å². The van der Waals surface area contributed by atoms with Gasteiger partial charge in [-0.25, -0.2) is 0 Å². The van der Waals surface area contributed by atoms with Crippen LogP contribution in [-0.2, 0) is 0 Å². The molecule has 0 aliphatic rings. The summed E-state index contributed by atoms with van der Waals surface area (Å²) in [5.41, 5.74) is 1.90. The van der Waals surface area contributed by atoms with E-state index in [-0.39, 0.29) is 6.10 Å². The monoisotopic (exact) mass is 217 g/mol. The zero-order chi connectivity index (χ0) is 11.5. The average Bonchev–Trinajstić information content (AvgIpc) is 2.65. The maximum absolute atomic E-state index is 5.56. The molecule has 1 aromatic heterocycles. The van der Waals surface area contributed by atoms with Crippen molar-refractivity contribution in [3.05, 3.63) is 36.0 Å². The number of benzene rings is 1. The number of aromatic nitrogens is 1. The number of hydrogen-bond acceptors (Lipinski definition) is 3. The van der Waals surface area contributed by atoms with Gasteiger partial charge in [-0.2, -0.15) is 0 Å². The fraction of sp³-hybridized carbons (Fsp3) is 0.308. The smallest absolute Gasteiger partial charge is 0.167 e. The second-order valence-corrected chi connectivity index (χ2v) is 4.02. The molecule has 0 aliphatic carbocycles. The molecular weight excluding hydrogens is 202 g/mol. The van der Waals surface area contributed by atoms with Crippen molar-refractivity contribution in [2.45, 2.75) is 26.9 Å². The van der Waals surface area contributed by atoms with Gasteiger partial charge in [0, 0.05) is 11.6 Å². The van der Waals surface area contributed by atoms with Gasteiger partial charge in [0.15, 0.2) is 5.76 Å². The normalized spacial score (nSPS) is 10.8. The van der Waals surface area contributed by atoms with Crippen molar-refractivity contribution < 1.29 is 9.26 Å². The second kappa shape index (κ2) is 4.39. The molecule has 1 aromatic carbocycles. The van der Waals surface area contributed by atoms with Crippen LogP contribution in [0.15, 0.2) is 34.9 Å². The van der Waals surface area contributed by atoms with E-state index in [0.717, 1.165) is 22.8 Å². The lowest BCUT2D eigenvalue weighted by Crippen LogP contribution is -2.05. The molecule has 0 fully saturated rings. The zero-order valence-electron chi connectivity index (χ0n) is 9.73. The highest BCUT2D eigenvalue weighted by molar-refractivity contribution is 5.58. The molecule has 0 atom stereocenters. The molecule has 16 heavy (non-hydrogen) atoms. The lowest BCUT2D eigenvalue weighted by Gasteiger charge is -2.09. The third-order valence-electron chi connectivity index (χ3n) is 2.14. The molecule has 84 valence electrons. The van der Waals surface area contributed by atoms with Crippen LogP contribution in [0.2, 0.25) is 0 Å². The van der Waals surface area contributed by atoms with Crippen molar-refractivity contribution in [3.8, 4) is 17.1 Å². The molecule has 2 rings (SSSR count). The minimum absolute atomic E-state index is 0.193. The summed E-state index contributed by atoms with van der Waals surface area (Å²) in [5.74, 6) is 1.66. The van der Waals surface area contributed by atoms with Gasteiger partial charge in [0.25, 0.3) is 0 Å². The Hall–Kier alpha value is -1.77. The van der Waals surface area contributed by atoms with Gasteiger partial charge >= 0.3 is 0 Å². The molecule has 0 bridgehead atoms. The van der Waals surface area contributed by atoms with E-state index in [4.69, 9.17) is 9.26 Å². The fourth-order valence-corrected chi connectivity index (χ4v) is 1.47. The lowest BCUT2D eigenvalue weighted by atomic mass is 10.1. The minimum atomic E-state index is 0.193. The Morgan fingerprint density at radius 1 is 1.19 bits per heavy atom. The van der Waals surface area contributed by atoms with E-state index in [1.807, 2.05) is 51.1 Å². The van der Waals surface area contributed by atoms with E-state index in [2.05, 4.69) is 5.16 Å². The molecule has 0 spiro atoms. The zero-order valence-corrected chi connectivity index (χ0v) is 9.73. The molecule has 0 saturated heterocycles. The van der Waals surface area contributed by atoms with Crippen molar-refractivity contribution in [1.82, 2.24) is 5.16 Å². The first-order chi connectivity index (χ1) is 7.65. The van der Waals surface area contributed by atoms with Gasteiger partial charge in [0.1, 0.15) is 5.75 Å². The Morgan fingerprint density at radius 2 is 1.88 bits per heavy atom. The van der Waals surface area contributed by atoms with Gasteiger partial charge in [-0.1, -0.05) is 5.16 Å². The van der Waals surface area contributed by atoms with E-state index in [0.29, 0.717) is 0 Å². The van der Waals surface area contributed by atoms with Crippen molar-refractivity contribution in [3.63, 3.8) is 0 Å². The summed E-state index contributed by atoms with van der Waals surface area (Å²) in [5, 5.41) is 3.86. The van der Waals surface area contributed by atoms with Gasteiger partial charge in [0.2, 0.25) is 0 Å². The van der Waals surface area contributed by atoms with Crippen LogP contribution in [-0.4, -0.2) is 11.3 Å². The second-order valence-electron chi connectivity index (χ2n) is 4.02. The molecular formula is C13H15NO2. The van der Waals surface area contributed by atoms with Crippen LogP contribution in [0.4, 0.5) is 0 Å². The highest BCUT2D eigenvalue weighted by atomic mass is 16.5. The van der Waals surface area contributed by atoms with Crippen LogP contribution in [0.1, 0.15) is 19.5 Å². The highest BCUT2D eigenvalue weighted by Gasteiger charge is 2.04. The molecule has 0 N–H and O–H groups in total. The van der Waals surface area contributed by atoms with E-state index >= 15 is 0 Å². The third kappa shape index (κ3) is 2.42. The first-order valence-corrected chi connectivity index (χ1v) is 5.35. The predicted octanol–water partition coefficient (Wildman–Crippen LogP) is 3.44. The number of aryl methyl sites for hydroxylation is 1. The molecule has 1 heterocycles. The Morgan fingerprint density at radius 3 is 2.38 bits per heavy atom. The van der Waals surface area contributed by atoms with E-state index in [1.165, 1.54) is 0 Å². The van der Waals surface area contributed by atoms with Gasteiger partial charge < -0.3 is 9.26 Å². The topological polar surface area (TPSA) is 35.3 Å². The molecule has 3 heteroatoms. The van der Waals surface area contributed by atoms with Crippen LogP contribution < -0.4 is 4.74 Å². The maximum Gasteiger partial charge on any atom is 0.167 e. The van der Waals surface area contributed by atoms with Crippen LogP contribution in [0.25, 0.3) is 11.3 Å². The van der Waals surface area contributed by atoms with E-state index in [9.17, 15) is 0 Å². The van der Waals surface area contributed by atoms with Crippen molar-refractivity contribution in [2.24, 2.45) is 0 Å². The van der Waals surface area contributed by atoms with Crippen LogP contribution >= 0.6 is 0 Å². The quantitative estimate of drug-likeness (QED) is 0.790. The fourth-order valence-electron chi connectivity index (χ4n) is 1.47. The van der Waals surface area contributed by atoms with Crippen molar-refractivity contribution >= 4 is 0 Å². The summed E-state index contributed by atoms with van der Waals surface area (Å²) < 4.78 is 10.7. The number of hydrogen-bond donors (Lipinski definition) is 0. The summed E-state index contributed by atoms with van der Waals surface area (Å²) in [6.45, 7) is 5.92. The lowest BCUT2D eigenvalue weighted by molar-refractivity contribution is 0.242. The van der Waals surface area contributed by atoms with Gasteiger partial charge in [-0.15, -0.1) is 0 Å². The third-order valence-corrected chi connectivity index (χ3v) is 2.14. The number of nitrogens with zero attached hydrogens (tertiary/aromatic N) is 1. The average molecular weight is 217 g/mol. The van der Waals surface area contributed by atoms with Gasteiger partial charge in [-0.3, -0.25) is 0 Å². The largest absolute Gasteiger partial charge is 0.491 e. The Labute approximate surface area is 95.0 Å². The molecule has 2 aromatic rings. The maximum atomic E-state index is 5.56. The van der Waals surface area contributed by atoms with Crippen LogP contribution in [0.3, 0.4) is 0 Å². The minimum Gasteiger partial charge on any atom is -0.491 e. The standard InChI is InChI=1S/C13H15NO2/c1-9(2)15-12-6-4-11(5-7-12)13-8-10(3)14-16-13/h4-9H,1-3H3. The first kappa shape index (κ1) is 10.7. The van der Waals surface area contributed by atoms with E-state index < -0.39 is 0 Å². The van der Waals surface area contributed by atoms with E-state index in [1.54, 1.807) is 0 Å². The highest BCUT2D eigenvalue weighted by Crippen LogP contribution is 2.23. The summed E-state index contributed by atoms with van der Waals surface area (Å²) in [7, 11) is 0. The Bertz CT molecular complexity index is 457. The number of rotatable bonds is 3. The Balaban J connectivity index is 2.19. The molecule has 0 saturated carbocycles. The Kier molecular flexibility index (Phi) is 2.95. The first-order valence-electron chi connectivity index (χ1n) is 5.35. The molecule has 3 nitrogen and oxygen atoms in total. The molecule has 0 amide bonds. The predicted molar refractivity (Wildman–Crippen MR) is 62.4 cm³/mol. The molecule has 0 unspecified atom stereocenters. The summed E-state index contributed by atoms with van der Waals surface area (Å²) in [6, 6.07) is 9.73. The molecule has 0 radical (unpaired) electrons.